The van der Waals surface area contributed by atoms with Gasteiger partial charge in [0, 0.05) is 26.2 Å². The largest absolute Gasteiger partial charge is 0.339 e. The molecule has 0 spiro atoms. The van der Waals surface area contributed by atoms with Gasteiger partial charge in [0.2, 0.25) is 17.7 Å². The Morgan fingerprint density at radius 3 is 2.58 bits per heavy atom. The van der Waals surface area contributed by atoms with Crippen molar-refractivity contribution in [3.05, 3.63) is 0 Å². The van der Waals surface area contributed by atoms with Gasteiger partial charge in [-0.3, -0.25) is 24.6 Å². The van der Waals surface area contributed by atoms with E-state index in [0.29, 0.717) is 13.1 Å². The first-order valence-corrected chi connectivity index (χ1v) is 6.59. The Labute approximate surface area is 112 Å². The minimum atomic E-state index is -0.459. The van der Waals surface area contributed by atoms with Gasteiger partial charge in [-0.1, -0.05) is 0 Å². The molecule has 0 aromatic carbocycles. The SMILES string of the molecule is CC1C(=O)NC(=O)CN1C(C)C(=O)N1CCNCC1. The normalized spacial score (nSPS) is 27.1. The highest BCUT2D eigenvalue weighted by molar-refractivity contribution is 6.01. The number of nitrogens with zero attached hydrogens (tertiary/aromatic N) is 2. The highest BCUT2D eigenvalue weighted by Crippen LogP contribution is 2.12. The van der Waals surface area contributed by atoms with Crippen LogP contribution in [-0.4, -0.2) is 72.3 Å². The highest BCUT2D eigenvalue weighted by Gasteiger charge is 2.37. The van der Waals surface area contributed by atoms with Gasteiger partial charge >= 0.3 is 0 Å². The van der Waals surface area contributed by atoms with Gasteiger partial charge < -0.3 is 10.2 Å². The Morgan fingerprint density at radius 2 is 1.95 bits per heavy atom. The van der Waals surface area contributed by atoms with Crippen molar-refractivity contribution in [2.24, 2.45) is 0 Å². The first kappa shape index (κ1) is 14.0. The lowest BCUT2D eigenvalue weighted by molar-refractivity contribution is -0.146. The third-order valence-corrected chi connectivity index (χ3v) is 3.75. The van der Waals surface area contributed by atoms with Crippen LogP contribution >= 0.6 is 0 Å². The summed E-state index contributed by atoms with van der Waals surface area (Å²) in [7, 11) is 0. The molecular formula is C12H20N4O3. The van der Waals surface area contributed by atoms with Crippen LogP contribution in [0.1, 0.15) is 13.8 Å². The molecule has 2 heterocycles. The molecule has 7 nitrogen and oxygen atoms in total. The molecule has 106 valence electrons. The summed E-state index contributed by atoms with van der Waals surface area (Å²) < 4.78 is 0. The van der Waals surface area contributed by atoms with Gasteiger partial charge in [0.15, 0.2) is 0 Å². The lowest BCUT2D eigenvalue weighted by Crippen LogP contribution is -2.63. The quantitative estimate of drug-likeness (QED) is 0.575. The highest BCUT2D eigenvalue weighted by atomic mass is 16.2. The molecule has 0 radical (unpaired) electrons. The van der Waals surface area contributed by atoms with E-state index in [1.54, 1.807) is 23.6 Å². The molecule has 0 saturated carbocycles. The van der Waals surface area contributed by atoms with Crippen molar-refractivity contribution in [3.63, 3.8) is 0 Å². The minimum Gasteiger partial charge on any atom is -0.339 e. The van der Waals surface area contributed by atoms with Crippen LogP contribution in [0, 0.1) is 0 Å². The lowest BCUT2D eigenvalue weighted by atomic mass is 10.1. The fourth-order valence-corrected chi connectivity index (χ4v) is 2.50. The number of amides is 3. The molecule has 19 heavy (non-hydrogen) atoms. The van der Waals surface area contributed by atoms with Crippen LogP contribution in [0.15, 0.2) is 0 Å². The number of hydrogen-bond donors (Lipinski definition) is 2. The molecule has 2 N–H and O–H groups in total. The van der Waals surface area contributed by atoms with Crippen LogP contribution in [0.4, 0.5) is 0 Å². The van der Waals surface area contributed by atoms with Crippen LogP contribution in [0.5, 0.6) is 0 Å². The zero-order chi connectivity index (χ0) is 14.0. The Morgan fingerprint density at radius 1 is 1.32 bits per heavy atom. The molecule has 2 aliphatic heterocycles. The van der Waals surface area contributed by atoms with Gasteiger partial charge in [-0.15, -0.1) is 0 Å². The van der Waals surface area contributed by atoms with Crippen molar-refractivity contribution >= 4 is 17.7 Å². The van der Waals surface area contributed by atoms with E-state index >= 15 is 0 Å². The van der Waals surface area contributed by atoms with E-state index < -0.39 is 12.1 Å². The van der Waals surface area contributed by atoms with Crippen molar-refractivity contribution in [1.29, 1.82) is 0 Å². The summed E-state index contributed by atoms with van der Waals surface area (Å²) in [6.45, 7) is 6.47. The summed E-state index contributed by atoms with van der Waals surface area (Å²) >= 11 is 0. The summed E-state index contributed by atoms with van der Waals surface area (Å²) in [6, 6.07) is -0.914. The molecule has 2 rings (SSSR count). The Kier molecular flexibility index (Phi) is 4.16. The topological polar surface area (TPSA) is 81.8 Å². The second-order valence-corrected chi connectivity index (χ2v) is 5.01. The maximum Gasteiger partial charge on any atom is 0.243 e. The van der Waals surface area contributed by atoms with Crippen LogP contribution in [0.25, 0.3) is 0 Å². The molecule has 2 fully saturated rings. The molecule has 2 aliphatic rings. The van der Waals surface area contributed by atoms with Gasteiger partial charge in [-0.05, 0) is 13.8 Å². The third kappa shape index (κ3) is 2.93. The summed E-state index contributed by atoms with van der Waals surface area (Å²) in [6.07, 6.45) is 0. The molecule has 3 amide bonds. The lowest BCUT2D eigenvalue weighted by Gasteiger charge is -2.38. The van der Waals surface area contributed by atoms with Crippen molar-refractivity contribution < 1.29 is 14.4 Å². The van der Waals surface area contributed by atoms with Crippen LogP contribution in [-0.2, 0) is 14.4 Å². The second kappa shape index (κ2) is 5.66. The van der Waals surface area contributed by atoms with E-state index in [4.69, 9.17) is 0 Å². The average molecular weight is 268 g/mol. The number of carbonyl (C=O) groups is 3. The first-order valence-electron chi connectivity index (χ1n) is 6.59. The van der Waals surface area contributed by atoms with E-state index in [2.05, 4.69) is 10.6 Å². The molecule has 0 bridgehead atoms. The van der Waals surface area contributed by atoms with Gasteiger partial charge in [0.1, 0.15) is 0 Å². The second-order valence-electron chi connectivity index (χ2n) is 5.01. The minimum absolute atomic E-state index is 0.0177. The zero-order valence-corrected chi connectivity index (χ0v) is 11.3. The Bertz CT molecular complexity index is 392. The fraction of sp³-hybridized carbons (Fsp3) is 0.750. The number of rotatable bonds is 2. The van der Waals surface area contributed by atoms with E-state index in [-0.39, 0.29) is 24.3 Å². The van der Waals surface area contributed by atoms with Crippen molar-refractivity contribution in [2.75, 3.05) is 32.7 Å². The fourth-order valence-electron chi connectivity index (χ4n) is 2.50. The van der Waals surface area contributed by atoms with E-state index in [0.717, 1.165) is 13.1 Å². The molecule has 2 saturated heterocycles. The molecule has 0 aromatic rings. The molecule has 2 unspecified atom stereocenters. The van der Waals surface area contributed by atoms with Crippen molar-refractivity contribution in [3.8, 4) is 0 Å². The number of imide groups is 1. The number of carbonyl (C=O) groups excluding carboxylic acids is 3. The standard InChI is InChI=1S/C12H20N4O3/c1-8-11(18)14-10(17)7-16(8)9(2)12(19)15-5-3-13-4-6-15/h8-9,13H,3-7H2,1-2H3,(H,14,17,18). The molecule has 0 aromatic heterocycles. The third-order valence-electron chi connectivity index (χ3n) is 3.75. The van der Waals surface area contributed by atoms with E-state index in [1.807, 2.05) is 0 Å². The number of nitrogens with one attached hydrogen (secondary N) is 2. The Hall–Kier alpha value is -1.47. The van der Waals surface area contributed by atoms with E-state index in [9.17, 15) is 14.4 Å². The summed E-state index contributed by atoms with van der Waals surface area (Å²) in [5.41, 5.74) is 0. The monoisotopic (exact) mass is 268 g/mol. The van der Waals surface area contributed by atoms with Gasteiger partial charge in [0.05, 0.1) is 18.6 Å². The van der Waals surface area contributed by atoms with Crippen LogP contribution in [0.2, 0.25) is 0 Å². The maximum absolute atomic E-state index is 12.4. The van der Waals surface area contributed by atoms with Crippen LogP contribution < -0.4 is 10.6 Å². The number of hydrogen-bond acceptors (Lipinski definition) is 5. The Balaban J connectivity index is 2.04. The van der Waals surface area contributed by atoms with Gasteiger partial charge in [0.25, 0.3) is 0 Å². The van der Waals surface area contributed by atoms with Crippen molar-refractivity contribution in [2.45, 2.75) is 25.9 Å². The maximum atomic E-state index is 12.4. The summed E-state index contributed by atoms with van der Waals surface area (Å²) in [4.78, 5) is 38.8. The number of piperazine rings is 2. The smallest absolute Gasteiger partial charge is 0.243 e. The molecule has 2 atom stereocenters. The predicted octanol–water partition coefficient (Wildman–Crippen LogP) is -1.85. The average Bonchev–Trinajstić information content (AvgIpc) is 2.42. The first-order chi connectivity index (χ1) is 9.00. The van der Waals surface area contributed by atoms with Crippen LogP contribution in [0.3, 0.4) is 0 Å². The molecule has 0 aliphatic carbocycles. The van der Waals surface area contributed by atoms with E-state index in [1.165, 1.54) is 0 Å². The molecular weight excluding hydrogens is 248 g/mol. The predicted molar refractivity (Wildman–Crippen MR) is 68.2 cm³/mol. The van der Waals surface area contributed by atoms with Gasteiger partial charge in [-0.2, -0.15) is 0 Å². The summed E-state index contributed by atoms with van der Waals surface area (Å²) in [5.74, 6) is -0.699. The molecule has 7 heteroatoms. The summed E-state index contributed by atoms with van der Waals surface area (Å²) in [5, 5.41) is 5.46. The zero-order valence-electron chi connectivity index (χ0n) is 11.3. The van der Waals surface area contributed by atoms with Gasteiger partial charge in [-0.25, -0.2) is 0 Å². The van der Waals surface area contributed by atoms with Crippen molar-refractivity contribution in [1.82, 2.24) is 20.4 Å².